The predicted octanol–water partition coefficient (Wildman–Crippen LogP) is 1.55. The Labute approximate surface area is 152 Å². The minimum Gasteiger partial charge on any atom is -0.330 e. The predicted molar refractivity (Wildman–Crippen MR) is 93.7 cm³/mol. The van der Waals surface area contributed by atoms with Crippen molar-refractivity contribution in [3.05, 3.63) is 35.9 Å². The summed E-state index contributed by atoms with van der Waals surface area (Å²) in [4.78, 5) is 51.0. The summed E-state index contributed by atoms with van der Waals surface area (Å²) < 4.78 is 0. The molecule has 7 heteroatoms. The normalized spacial score (nSPS) is 20.0. The van der Waals surface area contributed by atoms with E-state index < -0.39 is 23.9 Å². The molecule has 1 aliphatic heterocycles. The second-order valence-corrected chi connectivity index (χ2v) is 6.66. The molecule has 4 amide bonds. The van der Waals surface area contributed by atoms with Crippen LogP contribution in [0.3, 0.4) is 0 Å². The van der Waals surface area contributed by atoms with E-state index in [-0.39, 0.29) is 12.6 Å². The summed E-state index contributed by atoms with van der Waals surface area (Å²) >= 11 is 0. The van der Waals surface area contributed by atoms with E-state index in [4.69, 9.17) is 0 Å². The second-order valence-electron chi connectivity index (χ2n) is 6.66. The van der Waals surface area contributed by atoms with Gasteiger partial charge in [-0.15, -0.1) is 0 Å². The highest BCUT2D eigenvalue weighted by atomic mass is 16.2. The van der Waals surface area contributed by atoms with E-state index in [0.717, 1.165) is 37.0 Å². The first-order valence-corrected chi connectivity index (χ1v) is 8.97. The molecule has 1 aliphatic carbocycles. The standard InChI is InChI=1S/C19H22N3O4/c23-13-16(14-7-3-1-4-8-14)20-19(26)22-12-11-21(17(24)18(22)25)15-9-5-2-6-10-15/h1,3-4,7-8,15-16H,2,5-6,9-12H2,(H,20,26). The maximum atomic E-state index is 12.4. The lowest BCUT2D eigenvalue weighted by Gasteiger charge is -2.39. The molecule has 0 spiro atoms. The van der Waals surface area contributed by atoms with Gasteiger partial charge in [-0.2, -0.15) is 0 Å². The van der Waals surface area contributed by atoms with Gasteiger partial charge in [-0.05, 0) is 18.4 Å². The molecule has 1 saturated heterocycles. The number of carbonyl (C=O) groups is 3. The summed E-state index contributed by atoms with van der Waals surface area (Å²) in [5.74, 6) is -1.47. The number of nitrogens with one attached hydrogen (secondary N) is 1. The van der Waals surface area contributed by atoms with Crippen molar-refractivity contribution in [1.82, 2.24) is 15.1 Å². The molecule has 1 unspecified atom stereocenters. The van der Waals surface area contributed by atoms with Gasteiger partial charge >= 0.3 is 17.8 Å². The van der Waals surface area contributed by atoms with Crippen molar-refractivity contribution >= 4 is 24.1 Å². The van der Waals surface area contributed by atoms with Crippen LogP contribution in [0, 0.1) is 0 Å². The zero-order valence-corrected chi connectivity index (χ0v) is 14.5. The summed E-state index contributed by atoms with van der Waals surface area (Å²) in [6.45, 7) is 0.469. The maximum absolute atomic E-state index is 12.4. The first-order chi connectivity index (χ1) is 12.6. The number of carbonyl (C=O) groups excluding carboxylic acids is 4. The first kappa shape index (κ1) is 18.1. The molecule has 1 N–H and O–H groups in total. The fourth-order valence-corrected chi connectivity index (χ4v) is 3.61. The fraction of sp³-hybridized carbons (Fsp3) is 0.474. The Morgan fingerprint density at radius 1 is 1.04 bits per heavy atom. The minimum absolute atomic E-state index is 0.0887. The number of hydrogen-bond acceptors (Lipinski definition) is 4. The number of benzene rings is 1. The van der Waals surface area contributed by atoms with E-state index in [9.17, 15) is 19.2 Å². The number of piperazine rings is 1. The molecule has 2 aliphatic rings. The molecule has 1 aromatic carbocycles. The number of hydrogen-bond donors (Lipinski definition) is 1. The lowest BCUT2D eigenvalue weighted by atomic mass is 9.93. The molecule has 2 fully saturated rings. The first-order valence-electron chi connectivity index (χ1n) is 8.97. The van der Waals surface area contributed by atoms with Crippen LogP contribution < -0.4 is 5.32 Å². The Balaban J connectivity index is 1.64. The summed E-state index contributed by atoms with van der Waals surface area (Å²) in [6.07, 6.45) is 6.84. The maximum Gasteiger partial charge on any atom is 0.325 e. The molecular formula is C19H22N3O4. The number of urea groups is 1. The molecule has 0 aromatic heterocycles. The third kappa shape index (κ3) is 3.76. The molecule has 3 rings (SSSR count). The van der Waals surface area contributed by atoms with Crippen LogP contribution in [0.2, 0.25) is 0 Å². The summed E-state index contributed by atoms with van der Waals surface area (Å²) in [5, 5.41) is 2.47. The lowest BCUT2D eigenvalue weighted by molar-refractivity contribution is -0.156. The highest BCUT2D eigenvalue weighted by Gasteiger charge is 2.39. The quantitative estimate of drug-likeness (QED) is 0.829. The van der Waals surface area contributed by atoms with Gasteiger partial charge in [0, 0.05) is 19.1 Å². The van der Waals surface area contributed by atoms with Gasteiger partial charge in [0.25, 0.3) is 0 Å². The molecule has 1 saturated carbocycles. The van der Waals surface area contributed by atoms with Crippen LogP contribution in [0.1, 0.15) is 43.7 Å². The molecule has 1 radical (unpaired) electrons. The van der Waals surface area contributed by atoms with Crippen LogP contribution in [0.15, 0.2) is 30.3 Å². The third-order valence-electron chi connectivity index (χ3n) is 5.03. The average molecular weight is 356 g/mol. The van der Waals surface area contributed by atoms with E-state index >= 15 is 0 Å². The van der Waals surface area contributed by atoms with E-state index in [1.54, 1.807) is 41.5 Å². The van der Waals surface area contributed by atoms with Gasteiger partial charge in [0.2, 0.25) is 6.29 Å². The third-order valence-corrected chi connectivity index (χ3v) is 5.03. The van der Waals surface area contributed by atoms with Crippen LogP contribution in [0.25, 0.3) is 0 Å². The van der Waals surface area contributed by atoms with Crippen LogP contribution in [0.5, 0.6) is 0 Å². The summed E-state index contributed by atoms with van der Waals surface area (Å²) in [7, 11) is 0. The van der Waals surface area contributed by atoms with Gasteiger partial charge < -0.3 is 10.2 Å². The van der Waals surface area contributed by atoms with Crippen molar-refractivity contribution in [2.45, 2.75) is 44.2 Å². The van der Waals surface area contributed by atoms with Gasteiger partial charge in [-0.3, -0.25) is 19.3 Å². The van der Waals surface area contributed by atoms with Gasteiger partial charge in [-0.1, -0.05) is 49.6 Å². The molecule has 1 atom stereocenters. The van der Waals surface area contributed by atoms with E-state index in [1.807, 2.05) is 0 Å². The molecule has 26 heavy (non-hydrogen) atoms. The van der Waals surface area contributed by atoms with Crippen molar-refractivity contribution in [3.8, 4) is 0 Å². The van der Waals surface area contributed by atoms with Crippen molar-refractivity contribution in [1.29, 1.82) is 0 Å². The van der Waals surface area contributed by atoms with Gasteiger partial charge in [-0.25, -0.2) is 4.79 Å². The van der Waals surface area contributed by atoms with Crippen LogP contribution in [-0.2, 0) is 14.4 Å². The molecule has 137 valence electrons. The highest BCUT2D eigenvalue weighted by Crippen LogP contribution is 2.24. The largest absolute Gasteiger partial charge is 0.330 e. The lowest BCUT2D eigenvalue weighted by Crippen LogP contribution is -2.60. The Kier molecular flexibility index (Phi) is 5.65. The monoisotopic (exact) mass is 356 g/mol. The van der Waals surface area contributed by atoms with Crippen LogP contribution >= 0.6 is 0 Å². The Morgan fingerprint density at radius 3 is 2.38 bits per heavy atom. The smallest absolute Gasteiger partial charge is 0.325 e. The van der Waals surface area contributed by atoms with Crippen molar-refractivity contribution in [2.24, 2.45) is 0 Å². The van der Waals surface area contributed by atoms with Crippen molar-refractivity contribution < 1.29 is 19.2 Å². The molecule has 1 aromatic rings. The second kappa shape index (κ2) is 8.12. The van der Waals surface area contributed by atoms with Crippen molar-refractivity contribution in [3.63, 3.8) is 0 Å². The zero-order chi connectivity index (χ0) is 18.5. The summed E-state index contributed by atoms with van der Waals surface area (Å²) in [5.41, 5.74) is 0.565. The Bertz CT molecular complexity index is 685. The van der Waals surface area contributed by atoms with Gasteiger partial charge in [0.1, 0.15) is 6.04 Å². The van der Waals surface area contributed by atoms with E-state index in [1.165, 1.54) is 0 Å². The number of rotatable bonds is 4. The van der Waals surface area contributed by atoms with Crippen LogP contribution in [-0.4, -0.2) is 53.1 Å². The number of nitrogens with zero attached hydrogens (tertiary/aromatic N) is 2. The molecule has 1 heterocycles. The molecular weight excluding hydrogens is 334 g/mol. The number of amides is 4. The van der Waals surface area contributed by atoms with E-state index in [0.29, 0.717) is 12.1 Å². The van der Waals surface area contributed by atoms with Crippen molar-refractivity contribution in [2.75, 3.05) is 13.1 Å². The zero-order valence-electron chi connectivity index (χ0n) is 14.5. The van der Waals surface area contributed by atoms with Gasteiger partial charge in [0.15, 0.2) is 0 Å². The topological polar surface area (TPSA) is 86.8 Å². The minimum atomic E-state index is -0.983. The Morgan fingerprint density at radius 2 is 1.73 bits per heavy atom. The summed E-state index contributed by atoms with van der Waals surface area (Å²) in [6, 6.07) is 7.00. The van der Waals surface area contributed by atoms with Crippen LogP contribution in [0.4, 0.5) is 4.79 Å². The average Bonchev–Trinajstić information content (AvgIpc) is 2.69. The Hall–Kier alpha value is -2.70. The highest BCUT2D eigenvalue weighted by molar-refractivity contribution is 6.38. The van der Waals surface area contributed by atoms with Gasteiger partial charge in [0.05, 0.1) is 0 Å². The molecule has 7 nitrogen and oxygen atoms in total. The number of imide groups is 1. The SMILES string of the molecule is O=[C]C(NC(=O)N1CCN(C2CCCCC2)C(=O)C1=O)c1ccccc1. The fourth-order valence-electron chi connectivity index (χ4n) is 3.61. The van der Waals surface area contributed by atoms with E-state index in [2.05, 4.69) is 5.32 Å². The molecule has 0 bridgehead atoms.